The van der Waals surface area contributed by atoms with E-state index in [9.17, 15) is 4.79 Å². The lowest BCUT2D eigenvalue weighted by molar-refractivity contribution is -0.129. The van der Waals surface area contributed by atoms with Crippen LogP contribution in [0.2, 0.25) is 0 Å². The third kappa shape index (κ3) is 4.18. The molecule has 0 radical (unpaired) electrons. The van der Waals surface area contributed by atoms with Crippen molar-refractivity contribution in [2.45, 2.75) is 58.0 Å². The SMILES string of the molecule is CC(C)C(C(=O)NC1CCCNC1)N1CCCCC1. The minimum absolute atomic E-state index is 0.0576. The number of amides is 1. The fraction of sp³-hybridized carbons (Fsp3) is 0.933. The summed E-state index contributed by atoms with van der Waals surface area (Å²) in [5, 5.41) is 6.61. The first-order chi connectivity index (χ1) is 9.18. The molecule has 2 fully saturated rings. The maximum absolute atomic E-state index is 12.6. The molecule has 2 heterocycles. The molecule has 0 saturated carbocycles. The van der Waals surface area contributed by atoms with Crippen molar-refractivity contribution in [1.82, 2.24) is 15.5 Å². The maximum atomic E-state index is 12.6. The Morgan fingerprint density at radius 1 is 1.21 bits per heavy atom. The molecule has 4 nitrogen and oxygen atoms in total. The second kappa shape index (κ2) is 7.25. The van der Waals surface area contributed by atoms with Gasteiger partial charge >= 0.3 is 0 Å². The van der Waals surface area contributed by atoms with E-state index in [2.05, 4.69) is 29.4 Å². The molecule has 0 bridgehead atoms. The Kier molecular flexibility index (Phi) is 5.64. The van der Waals surface area contributed by atoms with Crippen molar-refractivity contribution in [3.63, 3.8) is 0 Å². The number of nitrogens with zero attached hydrogens (tertiary/aromatic N) is 1. The highest BCUT2D eigenvalue weighted by Gasteiger charge is 2.31. The highest BCUT2D eigenvalue weighted by atomic mass is 16.2. The van der Waals surface area contributed by atoms with Crippen LogP contribution in [0.3, 0.4) is 0 Å². The first kappa shape index (κ1) is 14.8. The van der Waals surface area contributed by atoms with Gasteiger partial charge in [-0.3, -0.25) is 9.69 Å². The lowest BCUT2D eigenvalue weighted by Crippen LogP contribution is -2.55. The summed E-state index contributed by atoms with van der Waals surface area (Å²) in [5.74, 6) is 0.625. The molecule has 0 aromatic carbocycles. The number of piperidine rings is 2. The zero-order valence-electron chi connectivity index (χ0n) is 12.5. The summed E-state index contributed by atoms with van der Waals surface area (Å²) in [4.78, 5) is 15.0. The van der Waals surface area contributed by atoms with E-state index in [0.717, 1.165) is 32.6 Å². The fourth-order valence-electron chi connectivity index (χ4n) is 3.35. The fourth-order valence-corrected chi connectivity index (χ4v) is 3.35. The summed E-state index contributed by atoms with van der Waals surface area (Å²) in [6.07, 6.45) is 6.07. The highest BCUT2D eigenvalue weighted by Crippen LogP contribution is 2.18. The van der Waals surface area contributed by atoms with E-state index in [0.29, 0.717) is 12.0 Å². The van der Waals surface area contributed by atoms with Gasteiger partial charge in [0.25, 0.3) is 0 Å². The predicted molar refractivity (Wildman–Crippen MR) is 78.1 cm³/mol. The lowest BCUT2D eigenvalue weighted by atomic mass is 9.97. The number of carbonyl (C=O) groups excluding carboxylic acids is 1. The van der Waals surface area contributed by atoms with Crippen LogP contribution < -0.4 is 10.6 Å². The first-order valence-electron chi connectivity index (χ1n) is 7.93. The second-order valence-corrected chi connectivity index (χ2v) is 6.34. The molecule has 0 aromatic rings. The highest BCUT2D eigenvalue weighted by molar-refractivity contribution is 5.82. The van der Waals surface area contributed by atoms with Crippen molar-refractivity contribution in [2.24, 2.45) is 5.92 Å². The predicted octanol–water partition coefficient (Wildman–Crippen LogP) is 1.37. The molecule has 0 aliphatic carbocycles. The first-order valence-corrected chi connectivity index (χ1v) is 7.93. The largest absolute Gasteiger partial charge is 0.351 e. The Morgan fingerprint density at radius 3 is 2.53 bits per heavy atom. The van der Waals surface area contributed by atoms with Crippen LogP contribution in [-0.2, 0) is 4.79 Å². The van der Waals surface area contributed by atoms with Gasteiger partial charge in [0.2, 0.25) is 5.91 Å². The summed E-state index contributed by atoms with van der Waals surface area (Å²) >= 11 is 0. The van der Waals surface area contributed by atoms with E-state index >= 15 is 0 Å². The quantitative estimate of drug-likeness (QED) is 0.808. The Bertz CT molecular complexity index is 281. The monoisotopic (exact) mass is 267 g/mol. The van der Waals surface area contributed by atoms with Crippen LogP contribution in [0, 0.1) is 5.92 Å². The molecular weight excluding hydrogens is 238 g/mol. The molecule has 1 amide bonds. The molecule has 2 N–H and O–H groups in total. The number of carbonyl (C=O) groups is 1. The van der Waals surface area contributed by atoms with Gasteiger partial charge in [-0.15, -0.1) is 0 Å². The van der Waals surface area contributed by atoms with Crippen LogP contribution in [0.1, 0.15) is 46.0 Å². The van der Waals surface area contributed by atoms with Crippen molar-refractivity contribution in [2.75, 3.05) is 26.2 Å². The molecule has 0 spiro atoms. The lowest BCUT2D eigenvalue weighted by Gasteiger charge is -2.37. The standard InChI is InChI=1S/C15H29N3O/c1-12(2)14(18-9-4-3-5-10-18)15(19)17-13-7-6-8-16-11-13/h12-14,16H,3-11H2,1-2H3,(H,17,19). The van der Waals surface area contributed by atoms with E-state index in [1.165, 1.54) is 25.7 Å². The zero-order chi connectivity index (χ0) is 13.7. The minimum Gasteiger partial charge on any atom is -0.351 e. The van der Waals surface area contributed by atoms with Crippen molar-refractivity contribution in [3.05, 3.63) is 0 Å². The zero-order valence-corrected chi connectivity index (χ0v) is 12.5. The van der Waals surface area contributed by atoms with Gasteiger partial charge in [-0.1, -0.05) is 20.3 Å². The molecule has 2 rings (SSSR count). The molecule has 2 atom stereocenters. The molecule has 110 valence electrons. The normalized spacial score (nSPS) is 27.2. The number of hydrogen-bond acceptors (Lipinski definition) is 3. The van der Waals surface area contributed by atoms with Gasteiger partial charge in [-0.25, -0.2) is 0 Å². The molecule has 2 aliphatic rings. The van der Waals surface area contributed by atoms with E-state index in [-0.39, 0.29) is 11.9 Å². The average molecular weight is 267 g/mol. The van der Waals surface area contributed by atoms with Gasteiger partial charge in [0.1, 0.15) is 0 Å². The van der Waals surface area contributed by atoms with Crippen LogP contribution in [0.5, 0.6) is 0 Å². The molecule has 2 unspecified atom stereocenters. The van der Waals surface area contributed by atoms with Gasteiger partial charge < -0.3 is 10.6 Å². The van der Waals surface area contributed by atoms with Crippen molar-refractivity contribution >= 4 is 5.91 Å². The number of likely N-dealkylation sites (tertiary alicyclic amines) is 1. The average Bonchev–Trinajstić information content (AvgIpc) is 2.40. The van der Waals surface area contributed by atoms with Crippen molar-refractivity contribution < 1.29 is 4.79 Å². The van der Waals surface area contributed by atoms with Crippen LogP contribution in [0.4, 0.5) is 0 Å². The van der Waals surface area contributed by atoms with E-state index < -0.39 is 0 Å². The smallest absolute Gasteiger partial charge is 0.237 e. The molecule has 4 heteroatoms. The molecular formula is C15H29N3O. The molecule has 19 heavy (non-hydrogen) atoms. The topological polar surface area (TPSA) is 44.4 Å². The summed E-state index contributed by atoms with van der Waals surface area (Å²) in [6, 6.07) is 0.384. The maximum Gasteiger partial charge on any atom is 0.237 e. The van der Waals surface area contributed by atoms with Crippen LogP contribution in [0.15, 0.2) is 0 Å². The summed E-state index contributed by atoms with van der Waals surface area (Å²) in [5.41, 5.74) is 0. The number of nitrogens with one attached hydrogen (secondary N) is 2. The van der Waals surface area contributed by atoms with Crippen LogP contribution in [0.25, 0.3) is 0 Å². The minimum atomic E-state index is 0.0576. The third-order valence-electron chi connectivity index (χ3n) is 4.33. The van der Waals surface area contributed by atoms with Gasteiger partial charge in [0.15, 0.2) is 0 Å². The third-order valence-corrected chi connectivity index (χ3v) is 4.33. The van der Waals surface area contributed by atoms with Crippen molar-refractivity contribution in [1.29, 1.82) is 0 Å². The Balaban J connectivity index is 1.91. The Hall–Kier alpha value is -0.610. The summed E-state index contributed by atoms with van der Waals surface area (Å²) in [6.45, 7) is 8.51. The number of rotatable bonds is 4. The van der Waals surface area contributed by atoms with Crippen LogP contribution >= 0.6 is 0 Å². The van der Waals surface area contributed by atoms with Gasteiger partial charge in [-0.2, -0.15) is 0 Å². The van der Waals surface area contributed by atoms with Gasteiger partial charge in [0.05, 0.1) is 6.04 Å². The van der Waals surface area contributed by atoms with E-state index in [1.54, 1.807) is 0 Å². The number of hydrogen-bond donors (Lipinski definition) is 2. The van der Waals surface area contributed by atoms with Crippen LogP contribution in [-0.4, -0.2) is 49.1 Å². The van der Waals surface area contributed by atoms with Gasteiger partial charge in [0, 0.05) is 12.6 Å². The van der Waals surface area contributed by atoms with Gasteiger partial charge in [-0.05, 0) is 51.2 Å². The van der Waals surface area contributed by atoms with Crippen molar-refractivity contribution in [3.8, 4) is 0 Å². The molecule has 0 aromatic heterocycles. The molecule has 2 saturated heterocycles. The summed E-state index contributed by atoms with van der Waals surface area (Å²) in [7, 11) is 0. The second-order valence-electron chi connectivity index (χ2n) is 6.34. The Labute approximate surface area is 117 Å². The van der Waals surface area contributed by atoms with E-state index in [4.69, 9.17) is 0 Å². The summed E-state index contributed by atoms with van der Waals surface area (Å²) < 4.78 is 0. The van der Waals surface area contributed by atoms with E-state index in [1.807, 2.05) is 0 Å². The molecule has 2 aliphatic heterocycles. The Morgan fingerprint density at radius 2 is 1.95 bits per heavy atom.